The number of carbonyl (C=O) groups excluding carboxylic acids is 3. The number of carbonyl (C=O) groups is 3. The predicted octanol–water partition coefficient (Wildman–Crippen LogP) is 3.40. The van der Waals surface area contributed by atoms with Gasteiger partial charge in [0, 0.05) is 10.7 Å². The van der Waals surface area contributed by atoms with Gasteiger partial charge < -0.3 is 5.32 Å². The Kier molecular flexibility index (Phi) is 5.26. The molecular weight excluding hydrogens is 406 g/mol. The lowest BCUT2D eigenvalue weighted by molar-refractivity contribution is -0.123. The number of hydrogen-bond donors (Lipinski definition) is 1. The molecule has 0 spiro atoms. The summed E-state index contributed by atoms with van der Waals surface area (Å²) >= 11 is 5.88. The van der Waals surface area contributed by atoms with Crippen LogP contribution in [0.4, 0.5) is 11.4 Å². The molecule has 0 bridgehead atoms. The molecule has 2 heterocycles. The summed E-state index contributed by atoms with van der Waals surface area (Å²) in [6, 6.07) is 12.1. The summed E-state index contributed by atoms with van der Waals surface area (Å²) in [5.74, 6) is -0.891. The molecule has 1 fully saturated rings. The third-order valence-corrected chi connectivity index (χ3v) is 5.36. The highest BCUT2D eigenvalue weighted by Gasteiger charge is 2.55. The summed E-state index contributed by atoms with van der Waals surface area (Å²) in [6.07, 6.45) is 0. The molecule has 4 rings (SSSR count). The first-order valence-electron chi connectivity index (χ1n) is 9.56. The molecule has 0 saturated carbocycles. The van der Waals surface area contributed by atoms with Crippen LogP contribution in [0.1, 0.15) is 25.3 Å². The van der Waals surface area contributed by atoms with Crippen LogP contribution < -0.4 is 10.2 Å². The highest BCUT2D eigenvalue weighted by molar-refractivity contribution is 6.31. The zero-order chi connectivity index (χ0) is 21.4. The van der Waals surface area contributed by atoms with Gasteiger partial charge >= 0.3 is 0 Å². The number of halogens is 1. The Hall–Kier alpha value is -3.26. The Morgan fingerprint density at radius 1 is 1.07 bits per heavy atom. The standard InChI is InChI=1S/C21H20ClN5O3/c1-12(2)13-3-7-15(8-4-13)23-17(28)11-26-19-18(24-25-26)20(29)27(21(19)30)16-9-5-14(22)6-10-16/h3-10,12,18-19H,11H2,1-2H3,(H,23,28)/t18-,19-/m0/s1. The zero-order valence-corrected chi connectivity index (χ0v) is 17.2. The summed E-state index contributed by atoms with van der Waals surface area (Å²) in [5, 5.41) is 12.4. The number of amides is 3. The monoisotopic (exact) mass is 425 g/mol. The van der Waals surface area contributed by atoms with E-state index >= 15 is 0 Å². The van der Waals surface area contributed by atoms with E-state index in [0.29, 0.717) is 22.3 Å². The van der Waals surface area contributed by atoms with Gasteiger partial charge in [0.05, 0.1) is 5.69 Å². The first kappa shape index (κ1) is 20.0. The van der Waals surface area contributed by atoms with Crippen molar-refractivity contribution in [3.8, 4) is 0 Å². The van der Waals surface area contributed by atoms with Gasteiger partial charge in [-0.2, -0.15) is 5.11 Å². The van der Waals surface area contributed by atoms with Gasteiger partial charge in [0.15, 0.2) is 12.1 Å². The number of nitrogens with one attached hydrogen (secondary N) is 1. The van der Waals surface area contributed by atoms with Crippen LogP contribution in [-0.2, 0) is 14.4 Å². The van der Waals surface area contributed by atoms with Crippen LogP contribution in [0, 0.1) is 0 Å². The van der Waals surface area contributed by atoms with Crippen molar-refractivity contribution in [3.63, 3.8) is 0 Å². The van der Waals surface area contributed by atoms with Crippen molar-refractivity contribution in [2.75, 3.05) is 16.8 Å². The second kappa shape index (κ2) is 7.87. The molecule has 2 aromatic rings. The highest BCUT2D eigenvalue weighted by atomic mass is 35.5. The van der Waals surface area contributed by atoms with Gasteiger partial charge in [-0.05, 0) is 47.9 Å². The molecule has 9 heteroatoms. The number of rotatable bonds is 5. The van der Waals surface area contributed by atoms with Crippen LogP contribution in [-0.4, -0.2) is 41.4 Å². The van der Waals surface area contributed by atoms with Gasteiger partial charge in [-0.3, -0.25) is 19.4 Å². The highest BCUT2D eigenvalue weighted by Crippen LogP contribution is 2.32. The SMILES string of the molecule is CC(C)c1ccc(NC(=O)CN2N=N[C@@H]3C(=O)N(c4ccc(Cl)cc4)C(=O)[C@H]32)cc1. The van der Waals surface area contributed by atoms with Crippen LogP contribution in [0.15, 0.2) is 58.9 Å². The van der Waals surface area contributed by atoms with Crippen LogP contribution in [0.3, 0.4) is 0 Å². The van der Waals surface area contributed by atoms with Crippen molar-refractivity contribution in [2.24, 2.45) is 10.3 Å². The van der Waals surface area contributed by atoms with Gasteiger partial charge in [0.1, 0.15) is 6.54 Å². The maximum atomic E-state index is 12.9. The van der Waals surface area contributed by atoms with E-state index in [9.17, 15) is 14.4 Å². The number of imide groups is 1. The number of benzene rings is 2. The summed E-state index contributed by atoms with van der Waals surface area (Å²) in [6.45, 7) is 4.00. The Morgan fingerprint density at radius 2 is 1.73 bits per heavy atom. The fraction of sp³-hybridized carbons (Fsp3) is 0.286. The fourth-order valence-electron chi connectivity index (χ4n) is 3.50. The Bertz CT molecular complexity index is 1020. The maximum Gasteiger partial charge on any atom is 0.263 e. The Balaban J connectivity index is 1.44. The van der Waals surface area contributed by atoms with Gasteiger partial charge in [-0.25, -0.2) is 4.90 Å². The van der Waals surface area contributed by atoms with E-state index < -0.39 is 23.9 Å². The third-order valence-electron chi connectivity index (χ3n) is 5.11. The van der Waals surface area contributed by atoms with Crippen molar-refractivity contribution in [1.82, 2.24) is 5.01 Å². The van der Waals surface area contributed by atoms with E-state index in [0.717, 1.165) is 4.90 Å². The third kappa shape index (κ3) is 3.66. The van der Waals surface area contributed by atoms with Gasteiger partial charge in [0.2, 0.25) is 5.91 Å². The molecule has 2 aliphatic rings. The smallest absolute Gasteiger partial charge is 0.263 e. The zero-order valence-electron chi connectivity index (χ0n) is 16.4. The van der Waals surface area contributed by atoms with Crippen LogP contribution in [0.25, 0.3) is 0 Å². The van der Waals surface area contributed by atoms with E-state index in [-0.39, 0.29) is 12.5 Å². The quantitative estimate of drug-likeness (QED) is 0.743. The molecule has 0 unspecified atom stereocenters. The second-order valence-corrected chi connectivity index (χ2v) is 7.94. The van der Waals surface area contributed by atoms with Gasteiger partial charge in [-0.15, -0.1) is 0 Å². The van der Waals surface area contributed by atoms with Gasteiger partial charge in [-0.1, -0.05) is 42.8 Å². The molecule has 1 N–H and O–H groups in total. The lowest BCUT2D eigenvalue weighted by Crippen LogP contribution is -2.43. The average molecular weight is 426 g/mol. The second-order valence-electron chi connectivity index (χ2n) is 7.51. The molecule has 3 amide bonds. The van der Waals surface area contributed by atoms with Crippen molar-refractivity contribution < 1.29 is 14.4 Å². The Morgan fingerprint density at radius 3 is 2.37 bits per heavy atom. The molecule has 1 saturated heterocycles. The molecule has 8 nitrogen and oxygen atoms in total. The minimum Gasteiger partial charge on any atom is -0.324 e. The summed E-state index contributed by atoms with van der Waals surface area (Å²) in [5.41, 5.74) is 2.23. The minimum atomic E-state index is -0.952. The fourth-order valence-corrected chi connectivity index (χ4v) is 3.62. The number of fused-ring (bicyclic) bond motifs is 1. The molecular formula is C21H20ClN5O3. The van der Waals surface area contributed by atoms with E-state index in [2.05, 4.69) is 29.5 Å². The molecule has 2 aliphatic heterocycles. The largest absolute Gasteiger partial charge is 0.324 e. The topological polar surface area (TPSA) is 94.4 Å². The Labute approximate surface area is 178 Å². The number of nitrogens with zero attached hydrogens (tertiary/aromatic N) is 4. The molecule has 2 aromatic carbocycles. The first-order chi connectivity index (χ1) is 14.3. The predicted molar refractivity (Wildman–Crippen MR) is 112 cm³/mol. The van der Waals surface area contributed by atoms with E-state index in [1.54, 1.807) is 24.3 Å². The first-order valence-corrected chi connectivity index (χ1v) is 9.93. The number of hydrogen-bond acceptors (Lipinski definition) is 6. The van der Waals surface area contributed by atoms with Crippen molar-refractivity contribution in [3.05, 3.63) is 59.1 Å². The lowest BCUT2D eigenvalue weighted by atomic mass is 10.0. The molecule has 30 heavy (non-hydrogen) atoms. The van der Waals surface area contributed by atoms with E-state index in [4.69, 9.17) is 11.6 Å². The van der Waals surface area contributed by atoms with Crippen LogP contribution in [0.5, 0.6) is 0 Å². The van der Waals surface area contributed by atoms with Crippen LogP contribution >= 0.6 is 11.6 Å². The molecule has 0 radical (unpaired) electrons. The van der Waals surface area contributed by atoms with Crippen molar-refractivity contribution in [2.45, 2.75) is 31.8 Å². The summed E-state index contributed by atoms with van der Waals surface area (Å²) < 4.78 is 0. The normalized spacial score (nSPS) is 20.3. The summed E-state index contributed by atoms with van der Waals surface area (Å²) in [4.78, 5) is 39.1. The molecule has 154 valence electrons. The minimum absolute atomic E-state index is 0.190. The van der Waals surface area contributed by atoms with Crippen molar-refractivity contribution in [1.29, 1.82) is 0 Å². The lowest BCUT2D eigenvalue weighted by Gasteiger charge is -2.20. The molecule has 0 aliphatic carbocycles. The number of anilines is 2. The van der Waals surface area contributed by atoms with Crippen LogP contribution in [0.2, 0.25) is 5.02 Å². The van der Waals surface area contributed by atoms with E-state index in [1.807, 2.05) is 24.3 Å². The average Bonchev–Trinajstić information content (AvgIpc) is 3.23. The molecule has 0 aromatic heterocycles. The van der Waals surface area contributed by atoms with E-state index in [1.165, 1.54) is 10.6 Å². The summed E-state index contributed by atoms with van der Waals surface area (Å²) in [7, 11) is 0. The van der Waals surface area contributed by atoms with Gasteiger partial charge in [0.25, 0.3) is 11.8 Å². The van der Waals surface area contributed by atoms with Crippen molar-refractivity contribution >= 4 is 40.7 Å². The molecule has 2 atom stereocenters. The maximum absolute atomic E-state index is 12.9.